The van der Waals surface area contributed by atoms with E-state index >= 15 is 0 Å². The number of hydrogen-bond acceptors (Lipinski definition) is 7. The number of rotatable bonds is 5. The first-order valence-electron chi connectivity index (χ1n) is 8.24. The Morgan fingerprint density at radius 2 is 2.11 bits per heavy atom. The summed E-state index contributed by atoms with van der Waals surface area (Å²) in [5.74, 6) is -0.00375. The molecule has 0 radical (unpaired) electrons. The van der Waals surface area contributed by atoms with Crippen molar-refractivity contribution in [2.24, 2.45) is 0 Å². The first kappa shape index (κ1) is 18.7. The molecule has 0 atom stereocenters. The zero-order valence-electron chi connectivity index (χ0n) is 15.0. The van der Waals surface area contributed by atoms with E-state index in [0.717, 1.165) is 11.3 Å². The fourth-order valence-corrected chi connectivity index (χ4v) is 3.96. The number of carbonyl (C=O) groups excluding carboxylic acids is 1. The van der Waals surface area contributed by atoms with Crippen molar-refractivity contribution < 1.29 is 14.5 Å². The van der Waals surface area contributed by atoms with Gasteiger partial charge in [0.15, 0.2) is 0 Å². The number of nitro groups is 1. The highest BCUT2D eigenvalue weighted by molar-refractivity contribution is 7.20. The molecule has 0 aliphatic carbocycles. The van der Waals surface area contributed by atoms with Crippen LogP contribution in [-0.4, -0.2) is 27.1 Å². The fourth-order valence-electron chi connectivity index (χ4n) is 2.85. The molecule has 3 aromatic rings. The molecule has 3 rings (SSSR count). The number of aromatic nitrogens is 2. The second-order valence-corrected chi connectivity index (χ2v) is 6.93. The molecular weight excluding hydrogens is 370 g/mol. The summed E-state index contributed by atoms with van der Waals surface area (Å²) >= 11 is 1.13. The van der Waals surface area contributed by atoms with Gasteiger partial charge >= 0.3 is 5.97 Å². The Morgan fingerprint density at radius 1 is 1.37 bits per heavy atom. The molecule has 0 unspecified atom stereocenters. The third-order valence-corrected chi connectivity index (χ3v) is 5.33. The van der Waals surface area contributed by atoms with Crippen molar-refractivity contribution in [3.63, 3.8) is 0 Å². The summed E-state index contributed by atoms with van der Waals surface area (Å²) in [6, 6.07) is 6.12. The van der Waals surface area contributed by atoms with Crippen LogP contribution in [0.15, 0.2) is 29.1 Å². The number of ether oxygens (including phenoxy) is 1. The molecule has 0 bridgehead atoms. The number of fused-ring (bicyclic) bond motifs is 1. The number of carbonyl (C=O) groups is 1. The number of nitrogens with zero attached hydrogens (tertiary/aromatic N) is 3. The van der Waals surface area contributed by atoms with E-state index in [1.807, 2.05) is 0 Å². The van der Waals surface area contributed by atoms with Crippen LogP contribution in [0.5, 0.6) is 0 Å². The average Bonchev–Trinajstić information content (AvgIpc) is 2.95. The van der Waals surface area contributed by atoms with Gasteiger partial charge in [-0.05, 0) is 31.9 Å². The highest BCUT2D eigenvalue weighted by Gasteiger charge is 2.21. The molecule has 8 nitrogen and oxygen atoms in total. The smallest absolute Gasteiger partial charge is 0.348 e. The van der Waals surface area contributed by atoms with Crippen molar-refractivity contribution in [2.75, 3.05) is 6.61 Å². The predicted molar refractivity (Wildman–Crippen MR) is 102 cm³/mol. The summed E-state index contributed by atoms with van der Waals surface area (Å²) in [6.45, 7) is 5.50. The van der Waals surface area contributed by atoms with Crippen LogP contribution < -0.4 is 5.56 Å². The lowest BCUT2D eigenvalue weighted by molar-refractivity contribution is -0.384. The van der Waals surface area contributed by atoms with Gasteiger partial charge in [-0.3, -0.25) is 19.5 Å². The van der Waals surface area contributed by atoms with Gasteiger partial charge in [-0.1, -0.05) is 12.1 Å². The van der Waals surface area contributed by atoms with E-state index < -0.39 is 10.9 Å². The Labute approximate surface area is 158 Å². The van der Waals surface area contributed by atoms with E-state index in [4.69, 9.17) is 4.74 Å². The van der Waals surface area contributed by atoms with Crippen molar-refractivity contribution in [1.82, 2.24) is 9.55 Å². The van der Waals surface area contributed by atoms with Gasteiger partial charge < -0.3 is 4.74 Å². The van der Waals surface area contributed by atoms with Gasteiger partial charge in [-0.15, -0.1) is 11.3 Å². The molecule has 0 saturated heterocycles. The maximum Gasteiger partial charge on any atom is 0.348 e. The Morgan fingerprint density at radius 3 is 2.78 bits per heavy atom. The van der Waals surface area contributed by atoms with Gasteiger partial charge in [-0.2, -0.15) is 0 Å². The van der Waals surface area contributed by atoms with Gasteiger partial charge in [0.25, 0.3) is 11.2 Å². The minimum absolute atomic E-state index is 0.0384. The molecule has 9 heteroatoms. The van der Waals surface area contributed by atoms with Crippen LogP contribution in [-0.2, 0) is 11.3 Å². The van der Waals surface area contributed by atoms with Gasteiger partial charge in [0, 0.05) is 12.1 Å². The number of esters is 1. The van der Waals surface area contributed by atoms with Crippen molar-refractivity contribution in [2.45, 2.75) is 27.3 Å². The van der Waals surface area contributed by atoms with E-state index in [-0.39, 0.29) is 24.4 Å². The maximum atomic E-state index is 13.0. The Balaban J connectivity index is 2.11. The fraction of sp³-hybridized carbons (Fsp3) is 0.278. The molecule has 0 aliphatic heterocycles. The van der Waals surface area contributed by atoms with Crippen molar-refractivity contribution in [3.8, 4) is 0 Å². The molecule has 0 N–H and O–H groups in total. The number of non-ortho nitro benzene ring substituents is 1. The molecule has 0 amide bonds. The standard InChI is InChI=1S/C18H17N3O5S/c1-4-26-18(23)15-10(2)14-16(27-15)19-11(3)20(17(14)22)9-12-6-5-7-13(8-12)21(24)25/h5-8H,4,9H2,1-3H3. The number of thiophene rings is 1. The molecule has 0 fully saturated rings. The van der Waals surface area contributed by atoms with Gasteiger partial charge in [0.1, 0.15) is 15.5 Å². The molecule has 2 heterocycles. The van der Waals surface area contributed by atoms with Gasteiger partial charge in [0.05, 0.1) is 23.5 Å². The number of aryl methyl sites for hydroxylation is 2. The summed E-state index contributed by atoms with van der Waals surface area (Å²) in [7, 11) is 0. The van der Waals surface area contributed by atoms with E-state index in [0.29, 0.717) is 32.0 Å². The van der Waals surface area contributed by atoms with Crippen LogP contribution >= 0.6 is 11.3 Å². The summed E-state index contributed by atoms with van der Waals surface area (Å²) in [5.41, 5.74) is 0.838. The summed E-state index contributed by atoms with van der Waals surface area (Å²) < 4.78 is 6.50. The molecule has 140 valence electrons. The number of hydrogen-bond donors (Lipinski definition) is 0. The van der Waals surface area contributed by atoms with Crippen LogP contribution in [0.3, 0.4) is 0 Å². The minimum Gasteiger partial charge on any atom is -0.462 e. The quantitative estimate of drug-likeness (QED) is 0.378. The maximum absolute atomic E-state index is 13.0. The molecule has 1 aromatic carbocycles. The lowest BCUT2D eigenvalue weighted by Crippen LogP contribution is -2.24. The van der Waals surface area contributed by atoms with Crippen LogP contribution in [0.1, 0.15) is 33.5 Å². The van der Waals surface area contributed by atoms with Gasteiger partial charge in [-0.25, -0.2) is 9.78 Å². The van der Waals surface area contributed by atoms with E-state index in [1.165, 1.54) is 16.7 Å². The topological polar surface area (TPSA) is 104 Å². The van der Waals surface area contributed by atoms with Crippen LogP contribution in [0, 0.1) is 24.0 Å². The summed E-state index contributed by atoms with van der Waals surface area (Å²) in [5, 5.41) is 11.3. The zero-order valence-corrected chi connectivity index (χ0v) is 15.8. The lowest BCUT2D eigenvalue weighted by Gasteiger charge is -2.09. The third kappa shape index (κ3) is 3.45. The number of benzene rings is 1. The molecule has 0 saturated carbocycles. The first-order valence-corrected chi connectivity index (χ1v) is 9.06. The zero-order chi connectivity index (χ0) is 19.7. The third-order valence-electron chi connectivity index (χ3n) is 4.16. The van der Waals surface area contributed by atoms with Crippen molar-refractivity contribution in [3.05, 3.63) is 66.6 Å². The molecule has 2 aromatic heterocycles. The van der Waals surface area contributed by atoms with Crippen LogP contribution in [0.25, 0.3) is 10.2 Å². The molecular formula is C18H17N3O5S. The highest BCUT2D eigenvalue weighted by atomic mass is 32.1. The van der Waals surface area contributed by atoms with Gasteiger partial charge in [0.2, 0.25) is 0 Å². The van der Waals surface area contributed by atoms with E-state index in [2.05, 4.69) is 4.98 Å². The molecule has 0 aliphatic rings. The van der Waals surface area contributed by atoms with Crippen LogP contribution in [0.2, 0.25) is 0 Å². The monoisotopic (exact) mass is 387 g/mol. The normalized spacial score (nSPS) is 10.9. The predicted octanol–water partition coefficient (Wildman–Crippen LogP) is 3.21. The highest BCUT2D eigenvalue weighted by Crippen LogP contribution is 2.28. The van der Waals surface area contributed by atoms with Crippen LogP contribution in [0.4, 0.5) is 5.69 Å². The second kappa shape index (κ2) is 7.28. The van der Waals surface area contributed by atoms with Crippen molar-refractivity contribution >= 4 is 33.2 Å². The minimum atomic E-state index is -0.477. The summed E-state index contributed by atoms with van der Waals surface area (Å²) in [6.07, 6.45) is 0. The largest absolute Gasteiger partial charge is 0.462 e. The Bertz CT molecular complexity index is 1120. The summed E-state index contributed by atoms with van der Waals surface area (Å²) in [4.78, 5) is 40.9. The van der Waals surface area contributed by atoms with E-state index in [1.54, 1.807) is 32.9 Å². The average molecular weight is 387 g/mol. The lowest BCUT2D eigenvalue weighted by atomic mass is 10.2. The first-order chi connectivity index (χ1) is 12.8. The van der Waals surface area contributed by atoms with Crippen molar-refractivity contribution in [1.29, 1.82) is 0 Å². The molecule has 27 heavy (non-hydrogen) atoms. The second-order valence-electron chi connectivity index (χ2n) is 5.93. The Kier molecular flexibility index (Phi) is 5.04. The van der Waals surface area contributed by atoms with E-state index in [9.17, 15) is 19.7 Å². The Hall–Kier alpha value is -3.07. The SMILES string of the molecule is CCOC(=O)c1sc2nc(C)n(Cc3cccc([N+](=O)[O-])c3)c(=O)c2c1C. The number of nitro benzene ring substituents is 1. The molecule has 0 spiro atoms.